The van der Waals surface area contributed by atoms with Crippen LogP contribution < -0.4 is 5.32 Å². The highest BCUT2D eigenvalue weighted by Gasteiger charge is 2.00. The van der Waals surface area contributed by atoms with E-state index in [9.17, 15) is 4.39 Å². The Morgan fingerprint density at radius 2 is 2.12 bits per heavy atom. The van der Waals surface area contributed by atoms with Crippen molar-refractivity contribution in [2.24, 2.45) is 0 Å². The van der Waals surface area contributed by atoms with E-state index in [0.29, 0.717) is 25.6 Å². The molecule has 1 rings (SSSR count). The molecule has 0 aliphatic rings. The molecule has 0 fully saturated rings. The Bertz CT molecular complexity index is 323. The fourth-order valence-electron chi connectivity index (χ4n) is 1.18. The molecule has 0 atom stereocenters. The Hall–Kier alpha value is -0.350. The molecule has 1 aromatic carbocycles. The van der Waals surface area contributed by atoms with Gasteiger partial charge in [0.15, 0.2) is 0 Å². The summed E-state index contributed by atoms with van der Waals surface area (Å²) in [6, 6.07) is 4.68. The van der Waals surface area contributed by atoms with Crippen LogP contribution in [0.5, 0.6) is 0 Å². The van der Waals surface area contributed by atoms with Gasteiger partial charge in [0.2, 0.25) is 0 Å². The number of halogens is 3. The van der Waals surface area contributed by atoms with Crippen LogP contribution in [-0.2, 0) is 11.3 Å². The molecule has 2 nitrogen and oxygen atoms in total. The van der Waals surface area contributed by atoms with Crippen molar-refractivity contribution in [3.63, 3.8) is 0 Å². The molecule has 0 bridgehead atoms. The van der Waals surface area contributed by atoms with Crippen LogP contribution >= 0.6 is 23.2 Å². The number of benzene rings is 1. The summed E-state index contributed by atoms with van der Waals surface area (Å²) in [5.74, 6) is 0.115. The zero-order valence-corrected chi connectivity index (χ0v) is 10.3. The second kappa shape index (κ2) is 7.85. The first-order valence-corrected chi connectivity index (χ1v) is 5.93. The van der Waals surface area contributed by atoms with E-state index in [2.05, 4.69) is 5.32 Å². The minimum Gasteiger partial charge on any atom is -0.379 e. The molecule has 5 heteroatoms. The molecule has 0 amide bonds. The highest BCUT2D eigenvalue weighted by molar-refractivity contribution is 6.30. The van der Waals surface area contributed by atoms with Gasteiger partial charge in [0.05, 0.1) is 18.2 Å². The monoisotopic (exact) mass is 265 g/mol. The maximum absolute atomic E-state index is 12.8. The van der Waals surface area contributed by atoms with E-state index < -0.39 is 5.82 Å². The van der Waals surface area contributed by atoms with E-state index in [1.54, 1.807) is 12.1 Å². The van der Waals surface area contributed by atoms with Crippen molar-refractivity contribution in [1.29, 1.82) is 0 Å². The normalized spacial score (nSPS) is 10.7. The standard InChI is InChI=1S/C11H14Cl2FNO/c12-3-5-16-6-4-15-8-9-1-2-11(14)10(13)7-9/h1-2,7,15H,3-6,8H2. The predicted octanol–water partition coefficient (Wildman–Crippen LogP) is 2.82. The van der Waals surface area contributed by atoms with Gasteiger partial charge in [-0.05, 0) is 17.7 Å². The summed E-state index contributed by atoms with van der Waals surface area (Å²) in [7, 11) is 0. The highest BCUT2D eigenvalue weighted by atomic mass is 35.5. The van der Waals surface area contributed by atoms with Crippen molar-refractivity contribution in [2.45, 2.75) is 6.54 Å². The summed E-state index contributed by atoms with van der Waals surface area (Å²) in [6.45, 7) is 2.55. The van der Waals surface area contributed by atoms with Crippen LogP contribution in [0.1, 0.15) is 5.56 Å². The number of ether oxygens (including phenoxy) is 1. The minimum atomic E-state index is -0.393. The maximum atomic E-state index is 12.8. The Morgan fingerprint density at radius 3 is 2.81 bits per heavy atom. The van der Waals surface area contributed by atoms with Crippen molar-refractivity contribution < 1.29 is 9.13 Å². The molecule has 16 heavy (non-hydrogen) atoms. The maximum Gasteiger partial charge on any atom is 0.141 e. The molecule has 0 spiro atoms. The molecule has 0 aliphatic carbocycles. The van der Waals surface area contributed by atoms with Crippen LogP contribution in [0.3, 0.4) is 0 Å². The van der Waals surface area contributed by atoms with Gasteiger partial charge in [0, 0.05) is 19.0 Å². The molecular formula is C11H14Cl2FNO. The Balaban J connectivity index is 2.19. The molecule has 0 aromatic heterocycles. The Morgan fingerprint density at radius 1 is 1.31 bits per heavy atom. The van der Waals surface area contributed by atoms with Gasteiger partial charge >= 0.3 is 0 Å². The van der Waals surface area contributed by atoms with Crippen LogP contribution in [0.25, 0.3) is 0 Å². The van der Waals surface area contributed by atoms with Gasteiger partial charge < -0.3 is 10.1 Å². The van der Waals surface area contributed by atoms with Gasteiger partial charge in [0.1, 0.15) is 5.82 Å². The summed E-state index contributed by atoms with van der Waals surface area (Å²) in [5, 5.41) is 3.31. The van der Waals surface area contributed by atoms with Crippen LogP contribution in [0.15, 0.2) is 18.2 Å². The van der Waals surface area contributed by atoms with Crippen molar-refractivity contribution in [3.05, 3.63) is 34.6 Å². The zero-order valence-electron chi connectivity index (χ0n) is 8.81. The van der Waals surface area contributed by atoms with E-state index in [-0.39, 0.29) is 5.02 Å². The smallest absolute Gasteiger partial charge is 0.141 e. The molecule has 0 unspecified atom stereocenters. The predicted molar refractivity (Wildman–Crippen MR) is 64.7 cm³/mol. The van der Waals surface area contributed by atoms with Gasteiger partial charge in [-0.1, -0.05) is 17.7 Å². The first-order valence-electron chi connectivity index (χ1n) is 5.02. The molecule has 0 heterocycles. The van der Waals surface area contributed by atoms with Crippen LogP contribution in [0, 0.1) is 5.82 Å². The number of nitrogens with one attached hydrogen (secondary N) is 1. The summed E-state index contributed by atoms with van der Waals surface area (Å²) < 4.78 is 18.0. The van der Waals surface area contributed by atoms with Gasteiger partial charge in [-0.2, -0.15) is 0 Å². The fourth-order valence-corrected chi connectivity index (χ4v) is 1.50. The number of rotatable bonds is 7. The summed E-state index contributed by atoms with van der Waals surface area (Å²) >= 11 is 11.1. The number of hydrogen-bond acceptors (Lipinski definition) is 2. The summed E-state index contributed by atoms with van der Waals surface area (Å²) in [5.41, 5.74) is 0.948. The van der Waals surface area contributed by atoms with Crippen LogP contribution in [0.2, 0.25) is 5.02 Å². The van der Waals surface area contributed by atoms with Gasteiger partial charge in [-0.3, -0.25) is 0 Å². The Labute approximate surface area is 105 Å². The first kappa shape index (κ1) is 13.7. The lowest BCUT2D eigenvalue weighted by molar-refractivity contribution is 0.151. The Kier molecular flexibility index (Phi) is 6.73. The molecular weight excluding hydrogens is 252 g/mol. The highest BCUT2D eigenvalue weighted by Crippen LogP contribution is 2.15. The van der Waals surface area contributed by atoms with E-state index >= 15 is 0 Å². The van der Waals surface area contributed by atoms with E-state index in [4.69, 9.17) is 27.9 Å². The van der Waals surface area contributed by atoms with E-state index in [1.807, 2.05) is 0 Å². The minimum absolute atomic E-state index is 0.151. The largest absolute Gasteiger partial charge is 0.379 e. The van der Waals surface area contributed by atoms with Crippen molar-refractivity contribution in [3.8, 4) is 0 Å². The molecule has 1 aromatic rings. The van der Waals surface area contributed by atoms with Crippen molar-refractivity contribution in [2.75, 3.05) is 25.6 Å². The first-order chi connectivity index (χ1) is 7.74. The quantitative estimate of drug-likeness (QED) is 0.605. The lowest BCUT2D eigenvalue weighted by Gasteiger charge is -2.06. The van der Waals surface area contributed by atoms with E-state index in [0.717, 1.165) is 12.1 Å². The second-order valence-electron chi connectivity index (χ2n) is 3.23. The lowest BCUT2D eigenvalue weighted by Crippen LogP contribution is -2.19. The molecule has 0 aliphatic heterocycles. The molecule has 0 saturated carbocycles. The third-order valence-electron chi connectivity index (χ3n) is 1.96. The van der Waals surface area contributed by atoms with Crippen LogP contribution in [-0.4, -0.2) is 25.6 Å². The third kappa shape index (κ3) is 5.12. The molecule has 1 N–H and O–H groups in total. The topological polar surface area (TPSA) is 21.3 Å². The lowest BCUT2D eigenvalue weighted by atomic mass is 10.2. The molecule has 0 radical (unpaired) electrons. The van der Waals surface area contributed by atoms with Gasteiger partial charge in [-0.15, -0.1) is 11.6 Å². The summed E-state index contributed by atoms with van der Waals surface area (Å²) in [6.07, 6.45) is 0. The fraction of sp³-hybridized carbons (Fsp3) is 0.455. The van der Waals surface area contributed by atoms with E-state index in [1.165, 1.54) is 6.07 Å². The number of alkyl halides is 1. The van der Waals surface area contributed by atoms with Crippen molar-refractivity contribution >= 4 is 23.2 Å². The van der Waals surface area contributed by atoms with Gasteiger partial charge in [-0.25, -0.2) is 4.39 Å². The van der Waals surface area contributed by atoms with Gasteiger partial charge in [0.25, 0.3) is 0 Å². The SMILES string of the molecule is Fc1ccc(CNCCOCCCl)cc1Cl. The molecule has 0 saturated heterocycles. The van der Waals surface area contributed by atoms with Crippen molar-refractivity contribution in [1.82, 2.24) is 5.32 Å². The third-order valence-corrected chi connectivity index (χ3v) is 2.40. The second-order valence-corrected chi connectivity index (χ2v) is 4.01. The molecule has 90 valence electrons. The zero-order chi connectivity index (χ0) is 11.8. The average molecular weight is 266 g/mol. The number of hydrogen-bond donors (Lipinski definition) is 1. The van der Waals surface area contributed by atoms with Crippen LogP contribution in [0.4, 0.5) is 4.39 Å². The summed E-state index contributed by atoms with van der Waals surface area (Å²) in [4.78, 5) is 0. The average Bonchev–Trinajstić information content (AvgIpc) is 2.28.